The van der Waals surface area contributed by atoms with E-state index in [1.807, 2.05) is 19.9 Å². The van der Waals surface area contributed by atoms with Crippen molar-refractivity contribution in [1.82, 2.24) is 0 Å². The fourth-order valence-corrected chi connectivity index (χ4v) is 1.72. The van der Waals surface area contributed by atoms with E-state index in [-0.39, 0.29) is 12.0 Å². The van der Waals surface area contributed by atoms with Crippen molar-refractivity contribution in [2.75, 3.05) is 30.9 Å². The molecule has 0 atom stereocenters. The number of methoxy groups -OCH3 is 1. The molecule has 0 aliphatic carbocycles. The summed E-state index contributed by atoms with van der Waals surface area (Å²) in [5, 5.41) is 15.2. The maximum Gasteiger partial charge on any atom is 0.412 e. The normalized spacial score (nSPS) is 11.8. The van der Waals surface area contributed by atoms with Gasteiger partial charge in [-0.1, -0.05) is 13.8 Å². The second kappa shape index (κ2) is 7.55. The topological polar surface area (TPSA) is 79.8 Å². The van der Waals surface area contributed by atoms with Crippen LogP contribution in [0.15, 0.2) is 18.2 Å². The number of benzene rings is 1. The van der Waals surface area contributed by atoms with Gasteiger partial charge in [-0.25, -0.2) is 4.79 Å². The molecular weight excluding hydrogens is 296 g/mol. The third kappa shape index (κ3) is 6.78. The van der Waals surface area contributed by atoms with E-state index >= 15 is 0 Å². The van der Waals surface area contributed by atoms with Crippen LogP contribution in [0.1, 0.15) is 34.6 Å². The zero-order chi connectivity index (χ0) is 17.7. The van der Waals surface area contributed by atoms with E-state index in [1.165, 1.54) is 7.11 Å². The summed E-state index contributed by atoms with van der Waals surface area (Å²) < 4.78 is 10.5. The molecule has 0 radical (unpaired) electrons. The number of hydrogen-bond donors (Lipinski definition) is 3. The van der Waals surface area contributed by atoms with Gasteiger partial charge in [0, 0.05) is 30.3 Å². The number of carbonyl (C=O) groups is 1. The van der Waals surface area contributed by atoms with E-state index in [2.05, 4.69) is 10.6 Å². The standard InChI is InChI=1S/C17H28N2O4/c1-16(2,3)23-15(21)19-13-8-7-12(9-14(13)22-6)18-10-17(4,5)11-20/h7-9,18,20H,10-11H2,1-6H3,(H,19,21). The molecule has 1 aromatic carbocycles. The third-order valence-electron chi connectivity index (χ3n) is 3.04. The van der Waals surface area contributed by atoms with Crippen LogP contribution in [0.25, 0.3) is 0 Å². The Balaban J connectivity index is 2.78. The summed E-state index contributed by atoms with van der Waals surface area (Å²) in [5.41, 5.74) is 0.599. The molecule has 3 N–H and O–H groups in total. The van der Waals surface area contributed by atoms with Crippen LogP contribution in [-0.2, 0) is 4.74 Å². The molecule has 0 saturated heterocycles. The average Bonchev–Trinajstić information content (AvgIpc) is 2.44. The Morgan fingerprint density at radius 2 is 1.87 bits per heavy atom. The van der Waals surface area contributed by atoms with E-state index in [0.29, 0.717) is 18.0 Å². The second-order valence-electron chi connectivity index (χ2n) is 7.22. The Kier molecular flexibility index (Phi) is 6.27. The second-order valence-corrected chi connectivity index (χ2v) is 7.22. The van der Waals surface area contributed by atoms with Gasteiger partial charge in [0.15, 0.2) is 0 Å². The lowest BCUT2D eigenvalue weighted by Gasteiger charge is -2.23. The number of hydrogen-bond acceptors (Lipinski definition) is 5. The molecule has 0 spiro atoms. The summed E-state index contributed by atoms with van der Waals surface area (Å²) >= 11 is 0. The molecule has 6 heteroatoms. The molecule has 1 aromatic rings. The van der Waals surface area contributed by atoms with Gasteiger partial charge >= 0.3 is 6.09 Å². The van der Waals surface area contributed by atoms with Crippen molar-refractivity contribution < 1.29 is 19.4 Å². The van der Waals surface area contributed by atoms with Crippen LogP contribution in [0.2, 0.25) is 0 Å². The van der Waals surface area contributed by atoms with Crippen molar-refractivity contribution in [3.05, 3.63) is 18.2 Å². The molecule has 23 heavy (non-hydrogen) atoms. The van der Waals surface area contributed by atoms with Crippen molar-refractivity contribution in [2.24, 2.45) is 5.41 Å². The van der Waals surface area contributed by atoms with Crippen molar-refractivity contribution in [1.29, 1.82) is 0 Å². The minimum absolute atomic E-state index is 0.0927. The highest BCUT2D eigenvalue weighted by Crippen LogP contribution is 2.29. The van der Waals surface area contributed by atoms with Gasteiger partial charge in [-0.3, -0.25) is 5.32 Å². The van der Waals surface area contributed by atoms with E-state index in [4.69, 9.17) is 9.47 Å². The molecule has 0 aromatic heterocycles. The Bertz CT molecular complexity index is 536. The fourth-order valence-electron chi connectivity index (χ4n) is 1.72. The van der Waals surface area contributed by atoms with E-state index in [1.54, 1.807) is 32.9 Å². The third-order valence-corrected chi connectivity index (χ3v) is 3.04. The fraction of sp³-hybridized carbons (Fsp3) is 0.588. The van der Waals surface area contributed by atoms with Gasteiger partial charge in [0.05, 0.1) is 12.8 Å². The first-order valence-electron chi connectivity index (χ1n) is 7.59. The minimum atomic E-state index is -0.561. The van der Waals surface area contributed by atoms with Crippen LogP contribution in [0.4, 0.5) is 16.2 Å². The van der Waals surface area contributed by atoms with Crippen molar-refractivity contribution in [3.8, 4) is 5.75 Å². The van der Waals surface area contributed by atoms with E-state index in [9.17, 15) is 9.90 Å². The summed E-state index contributed by atoms with van der Waals surface area (Å²) in [6.45, 7) is 10.1. The highest BCUT2D eigenvalue weighted by molar-refractivity contribution is 5.87. The summed E-state index contributed by atoms with van der Waals surface area (Å²) in [4.78, 5) is 11.8. The van der Waals surface area contributed by atoms with Gasteiger partial charge in [0.25, 0.3) is 0 Å². The quantitative estimate of drug-likeness (QED) is 0.746. The van der Waals surface area contributed by atoms with Gasteiger partial charge in [0.1, 0.15) is 11.4 Å². The maximum absolute atomic E-state index is 11.8. The van der Waals surface area contributed by atoms with Gasteiger partial charge in [0.2, 0.25) is 0 Å². The number of nitrogens with one attached hydrogen (secondary N) is 2. The van der Waals surface area contributed by atoms with Crippen LogP contribution >= 0.6 is 0 Å². The molecular formula is C17H28N2O4. The molecule has 0 unspecified atom stereocenters. The molecule has 0 heterocycles. The Morgan fingerprint density at radius 1 is 1.22 bits per heavy atom. The largest absolute Gasteiger partial charge is 0.494 e. The van der Waals surface area contributed by atoms with Crippen molar-refractivity contribution in [2.45, 2.75) is 40.2 Å². The zero-order valence-corrected chi connectivity index (χ0v) is 14.8. The highest BCUT2D eigenvalue weighted by Gasteiger charge is 2.18. The lowest BCUT2D eigenvalue weighted by Crippen LogP contribution is -2.27. The molecule has 1 amide bonds. The highest BCUT2D eigenvalue weighted by atomic mass is 16.6. The number of rotatable bonds is 6. The van der Waals surface area contributed by atoms with Crippen molar-refractivity contribution in [3.63, 3.8) is 0 Å². The van der Waals surface area contributed by atoms with Gasteiger partial charge in [-0.15, -0.1) is 0 Å². The van der Waals surface area contributed by atoms with Crippen LogP contribution in [0.3, 0.4) is 0 Å². The lowest BCUT2D eigenvalue weighted by atomic mass is 9.95. The number of amides is 1. The summed E-state index contributed by atoms with van der Waals surface area (Å²) in [5.74, 6) is 0.530. The van der Waals surface area contributed by atoms with Gasteiger partial charge in [-0.05, 0) is 32.9 Å². The SMILES string of the molecule is COc1cc(NCC(C)(C)CO)ccc1NC(=O)OC(C)(C)C. The molecule has 1 rings (SSSR count). The van der Waals surface area contributed by atoms with Crippen LogP contribution in [0, 0.1) is 5.41 Å². The first-order chi connectivity index (χ1) is 10.6. The first-order valence-corrected chi connectivity index (χ1v) is 7.59. The van der Waals surface area contributed by atoms with Gasteiger partial charge < -0.3 is 19.9 Å². The lowest BCUT2D eigenvalue weighted by molar-refractivity contribution is 0.0635. The number of carbonyl (C=O) groups excluding carboxylic acids is 1. The monoisotopic (exact) mass is 324 g/mol. The number of anilines is 2. The maximum atomic E-state index is 11.8. The van der Waals surface area contributed by atoms with E-state index < -0.39 is 11.7 Å². The molecule has 0 aliphatic rings. The van der Waals surface area contributed by atoms with Crippen LogP contribution < -0.4 is 15.4 Å². The zero-order valence-electron chi connectivity index (χ0n) is 14.8. The summed E-state index contributed by atoms with van der Waals surface area (Å²) in [6, 6.07) is 5.37. The number of ether oxygens (including phenoxy) is 2. The number of aliphatic hydroxyl groups is 1. The molecule has 0 fully saturated rings. The van der Waals surface area contributed by atoms with Crippen LogP contribution in [-0.4, -0.2) is 37.1 Å². The van der Waals surface area contributed by atoms with E-state index in [0.717, 1.165) is 5.69 Å². The smallest absolute Gasteiger partial charge is 0.412 e. The Labute approximate surface area is 138 Å². The Morgan fingerprint density at radius 3 is 2.39 bits per heavy atom. The Hall–Kier alpha value is -1.95. The average molecular weight is 324 g/mol. The molecule has 0 bridgehead atoms. The first kappa shape index (κ1) is 19.1. The van der Waals surface area contributed by atoms with Crippen molar-refractivity contribution >= 4 is 17.5 Å². The minimum Gasteiger partial charge on any atom is -0.494 e. The predicted molar refractivity (Wildman–Crippen MR) is 92.2 cm³/mol. The molecule has 0 saturated carbocycles. The molecule has 0 aliphatic heterocycles. The van der Waals surface area contributed by atoms with Crippen LogP contribution in [0.5, 0.6) is 5.75 Å². The summed E-state index contributed by atoms with van der Waals surface area (Å²) in [7, 11) is 1.54. The summed E-state index contributed by atoms with van der Waals surface area (Å²) in [6.07, 6.45) is -0.530. The number of aliphatic hydroxyl groups excluding tert-OH is 1. The predicted octanol–water partition coefficient (Wildman–Crippen LogP) is 3.47. The molecule has 130 valence electrons. The van der Waals surface area contributed by atoms with Gasteiger partial charge in [-0.2, -0.15) is 0 Å². The molecule has 6 nitrogen and oxygen atoms in total.